The number of ether oxygens (including phenoxy) is 1. The molecule has 2 rings (SSSR count). The molecule has 0 aliphatic rings. The first-order valence-electron chi connectivity index (χ1n) is 8.41. The normalized spacial score (nSPS) is 11.6. The van der Waals surface area contributed by atoms with Crippen LogP contribution in [0.15, 0.2) is 30.3 Å². The van der Waals surface area contributed by atoms with Crippen molar-refractivity contribution in [2.75, 3.05) is 18.6 Å². The van der Waals surface area contributed by atoms with Gasteiger partial charge in [0.05, 0.1) is 24.7 Å². The molecule has 160 valence electrons. The number of thiophene rings is 1. The summed E-state index contributed by atoms with van der Waals surface area (Å²) in [6.45, 7) is -0.487. The second-order valence-corrected chi connectivity index (χ2v) is 8.97. The third kappa shape index (κ3) is 6.69. The van der Waals surface area contributed by atoms with E-state index in [0.29, 0.717) is 15.0 Å². The zero-order valence-electron chi connectivity index (χ0n) is 15.6. The van der Waals surface area contributed by atoms with Crippen LogP contribution in [0.2, 0.25) is 9.36 Å². The van der Waals surface area contributed by atoms with Crippen molar-refractivity contribution in [3.63, 3.8) is 0 Å². The van der Waals surface area contributed by atoms with Crippen LogP contribution < -0.4 is 5.32 Å². The van der Waals surface area contributed by atoms with Crippen molar-refractivity contribution in [2.45, 2.75) is 12.5 Å². The molecule has 1 N–H and O–H groups in total. The SMILES string of the molecule is CSCC[C@@H](NC(=O)c1ccc([N+](=O)[O-])cc1Cl)C(=O)OCC(=O)c1ccc(Cl)s1. The van der Waals surface area contributed by atoms with Gasteiger partial charge in [0.2, 0.25) is 5.78 Å². The van der Waals surface area contributed by atoms with E-state index in [9.17, 15) is 24.5 Å². The Morgan fingerprint density at radius 1 is 1.27 bits per heavy atom. The van der Waals surface area contributed by atoms with Crippen molar-refractivity contribution in [1.29, 1.82) is 0 Å². The van der Waals surface area contributed by atoms with Gasteiger partial charge in [-0.15, -0.1) is 11.3 Å². The van der Waals surface area contributed by atoms with Gasteiger partial charge in [0.1, 0.15) is 6.04 Å². The fourth-order valence-electron chi connectivity index (χ4n) is 2.29. The molecule has 0 bridgehead atoms. The molecule has 0 aliphatic heterocycles. The van der Waals surface area contributed by atoms with Crippen LogP contribution in [0, 0.1) is 10.1 Å². The lowest BCUT2D eigenvalue weighted by Gasteiger charge is -2.17. The summed E-state index contributed by atoms with van der Waals surface area (Å²) in [5, 5.41) is 13.2. The Balaban J connectivity index is 2.05. The van der Waals surface area contributed by atoms with E-state index < -0.39 is 35.2 Å². The van der Waals surface area contributed by atoms with Gasteiger partial charge < -0.3 is 10.1 Å². The number of non-ortho nitro benzene ring substituents is 1. The topological polar surface area (TPSA) is 116 Å². The van der Waals surface area contributed by atoms with Crippen LogP contribution in [0.4, 0.5) is 5.69 Å². The summed E-state index contributed by atoms with van der Waals surface area (Å²) in [6.07, 6.45) is 2.09. The number of benzene rings is 1. The molecule has 0 aliphatic carbocycles. The molecule has 0 saturated carbocycles. The molecule has 30 heavy (non-hydrogen) atoms. The number of rotatable bonds is 10. The molecule has 12 heteroatoms. The molecule has 1 aromatic carbocycles. The number of carbonyl (C=O) groups is 3. The number of Topliss-reactive ketones (excluding diaryl/α,β-unsaturated/α-hetero) is 1. The standard InChI is InChI=1S/C18H16Cl2N2O6S2/c1-29-7-6-13(18(25)28-9-14(23)15-4-5-16(20)30-15)21-17(24)11-3-2-10(22(26)27)8-12(11)19/h2-5,8,13H,6-7,9H2,1H3,(H,21,24)/t13-/m1/s1. The van der Waals surface area contributed by atoms with E-state index in [2.05, 4.69) is 5.32 Å². The van der Waals surface area contributed by atoms with Gasteiger partial charge in [-0.3, -0.25) is 19.7 Å². The van der Waals surface area contributed by atoms with Crippen molar-refractivity contribution >= 4 is 69.6 Å². The number of thioether (sulfide) groups is 1. The third-order valence-corrected chi connectivity index (χ3v) is 6.03. The van der Waals surface area contributed by atoms with Crippen molar-refractivity contribution < 1.29 is 24.0 Å². The number of carbonyl (C=O) groups excluding carboxylic acids is 3. The van der Waals surface area contributed by atoms with Crippen molar-refractivity contribution in [3.8, 4) is 0 Å². The maximum atomic E-state index is 12.5. The number of halogens is 2. The van der Waals surface area contributed by atoms with E-state index >= 15 is 0 Å². The Labute approximate surface area is 190 Å². The number of nitrogens with one attached hydrogen (secondary N) is 1. The summed E-state index contributed by atoms with van der Waals surface area (Å²) in [5.41, 5.74) is -0.282. The molecule has 1 heterocycles. The quantitative estimate of drug-likeness (QED) is 0.229. The Bertz CT molecular complexity index is 966. The van der Waals surface area contributed by atoms with Crippen molar-refractivity contribution in [2.24, 2.45) is 0 Å². The second-order valence-electron chi connectivity index (χ2n) is 5.86. The largest absolute Gasteiger partial charge is 0.456 e. The number of nitrogens with zero attached hydrogens (tertiary/aromatic N) is 1. The van der Waals surface area contributed by atoms with Gasteiger partial charge in [0.15, 0.2) is 6.61 Å². The Kier molecular flexibility index (Phi) is 9.09. The first kappa shape index (κ1) is 24.1. The lowest BCUT2D eigenvalue weighted by molar-refractivity contribution is -0.384. The molecule has 0 fully saturated rings. The van der Waals surface area contributed by atoms with Gasteiger partial charge in [0, 0.05) is 12.1 Å². The molecule has 0 spiro atoms. The highest BCUT2D eigenvalue weighted by Crippen LogP contribution is 2.23. The summed E-state index contributed by atoms with van der Waals surface area (Å²) in [4.78, 5) is 47.6. The number of nitro groups is 1. The number of ketones is 1. The van der Waals surface area contributed by atoms with E-state index in [4.69, 9.17) is 27.9 Å². The molecular formula is C18H16Cl2N2O6S2. The van der Waals surface area contributed by atoms with E-state index in [1.165, 1.54) is 23.9 Å². The summed E-state index contributed by atoms with van der Waals surface area (Å²) in [5.74, 6) is -1.32. The van der Waals surface area contributed by atoms with E-state index in [1.54, 1.807) is 6.07 Å². The van der Waals surface area contributed by atoms with Crippen LogP contribution in [0.3, 0.4) is 0 Å². The van der Waals surface area contributed by atoms with Crippen LogP contribution in [-0.4, -0.2) is 47.2 Å². The average Bonchev–Trinajstić information content (AvgIpc) is 3.15. The highest BCUT2D eigenvalue weighted by atomic mass is 35.5. The zero-order valence-corrected chi connectivity index (χ0v) is 18.7. The number of esters is 1. The molecule has 0 saturated heterocycles. The molecule has 2 aromatic rings. The Morgan fingerprint density at radius 2 is 2.00 bits per heavy atom. The van der Waals surface area contributed by atoms with E-state index in [-0.39, 0.29) is 22.7 Å². The van der Waals surface area contributed by atoms with Crippen molar-refractivity contribution in [3.05, 3.63) is 60.2 Å². The lowest BCUT2D eigenvalue weighted by atomic mass is 10.1. The molecule has 8 nitrogen and oxygen atoms in total. The van der Waals surface area contributed by atoms with Gasteiger partial charge in [-0.25, -0.2) is 4.79 Å². The smallest absolute Gasteiger partial charge is 0.329 e. The van der Waals surface area contributed by atoms with Gasteiger partial charge in [-0.05, 0) is 36.6 Å². The van der Waals surface area contributed by atoms with Crippen LogP contribution >= 0.6 is 46.3 Å². The average molecular weight is 491 g/mol. The Hall–Kier alpha value is -2.14. The number of amides is 1. The molecule has 1 aromatic heterocycles. The first-order chi connectivity index (χ1) is 14.2. The monoisotopic (exact) mass is 490 g/mol. The van der Waals surface area contributed by atoms with Crippen LogP contribution in [0.1, 0.15) is 26.5 Å². The van der Waals surface area contributed by atoms with Crippen LogP contribution in [-0.2, 0) is 9.53 Å². The molecule has 0 radical (unpaired) electrons. The number of hydrogen-bond acceptors (Lipinski definition) is 8. The van der Waals surface area contributed by atoms with E-state index in [0.717, 1.165) is 23.5 Å². The molecule has 1 amide bonds. The van der Waals surface area contributed by atoms with Gasteiger partial charge >= 0.3 is 5.97 Å². The molecule has 1 atom stereocenters. The predicted octanol–water partition coefficient (Wildman–Crippen LogP) is 4.24. The fourth-order valence-corrected chi connectivity index (χ4v) is 3.99. The van der Waals surface area contributed by atoms with Gasteiger partial charge in [-0.2, -0.15) is 11.8 Å². The summed E-state index contributed by atoms with van der Waals surface area (Å²) in [7, 11) is 0. The maximum Gasteiger partial charge on any atom is 0.329 e. The molecular weight excluding hydrogens is 475 g/mol. The summed E-state index contributed by atoms with van der Waals surface area (Å²) >= 11 is 14.3. The van der Waals surface area contributed by atoms with Gasteiger partial charge in [-0.1, -0.05) is 23.2 Å². The minimum absolute atomic E-state index is 0.0199. The third-order valence-electron chi connectivity index (χ3n) is 3.80. The van der Waals surface area contributed by atoms with Crippen LogP contribution in [0.5, 0.6) is 0 Å². The van der Waals surface area contributed by atoms with Crippen LogP contribution in [0.25, 0.3) is 0 Å². The number of hydrogen-bond donors (Lipinski definition) is 1. The fraction of sp³-hybridized carbons (Fsp3) is 0.278. The highest BCUT2D eigenvalue weighted by Gasteiger charge is 2.25. The predicted molar refractivity (Wildman–Crippen MR) is 117 cm³/mol. The minimum atomic E-state index is -1.02. The molecule has 0 unspecified atom stereocenters. The summed E-state index contributed by atoms with van der Waals surface area (Å²) in [6, 6.07) is 5.48. The highest BCUT2D eigenvalue weighted by molar-refractivity contribution is 7.98. The minimum Gasteiger partial charge on any atom is -0.456 e. The number of nitro benzene ring substituents is 1. The lowest BCUT2D eigenvalue weighted by Crippen LogP contribution is -2.42. The second kappa shape index (κ2) is 11.3. The maximum absolute atomic E-state index is 12.5. The van der Waals surface area contributed by atoms with Crippen molar-refractivity contribution in [1.82, 2.24) is 5.32 Å². The first-order valence-corrected chi connectivity index (χ1v) is 11.4. The summed E-state index contributed by atoms with van der Waals surface area (Å²) < 4.78 is 5.51. The Morgan fingerprint density at radius 3 is 2.57 bits per heavy atom. The van der Waals surface area contributed by atoms with Gasteiger partial charge in [0.25, 0.3) is 11.6 Å². The van der Waals surface area contributed by atoms with E-state index in [1.807, 2.05) is 6.26 Å². The zero-order chi connectivity index (χ0) is 22.3.